The lowest BCUT2D eigenvalue weighted by Crippen LogP contribution is -2.10. The minimum absolute atomic E-state index is 0.311. The van der Waals surface area contributed by atoms with Gasteiger partial charge in [0.15, 0.2) is 0 Å². The number of ether oxygens (including phenoxy) is 1. The van der Waals surface area contributed by atoms with Crippen LogP contribution in [-0.2, 0) is 0 Å². The van der Waals surface area contributed by atoms with Gasteiger partial charge in [-0.3, -0.25) is 9.20 Å². The zero-order chi connectivity index (χ0) is 14.1. The number of rotatable bonds is 3. The van der Waals surface area contributed by atoms with Gasteiger partial charge in [0.05, 0.1) is 12.8 Å². The maximum Gasteiger partial charge on any atom is 0.307 e. The number of hydrogen-bond donors (Lipinski definition) is 1. The molecular weight excluding hydrogens is 276 g/mol. The number of benzene rings is 1. The van der Waals surface area contributed by atoms with Crippen LogP contribution in [0, 0.1) is 0 Å². The number of fused-ring (bicyclic) bond motifs is 1. The van der Waals surface area contributed by atoms with Crippen LogP contribution in [0.4, 0.5) is 0 Å². The second-order valence-electron chi connectivity index (χ2n) is 4.11. The Hall–Kier alpha value is -2.28. The van der Waals surface area contributed by atoms with Crippen molar-refractivity contribution in [3.63, 3.8) is 0 Å². The summed E-state index contributed by atoms with van der Waals surface area (Å²) in [6.07, 6.45) is 5.27. The van der Waals surface area contributed by atoms with Crippen LogP contribution in [-0.4, -0.2) is 32.9 Å². The Kier molecular flexibility index (Phi) is 3.19. The third-order valence-corrected chi connectivity index (χ3v) is 3.69. The quantitative estimate of drug-likeness (QED) is 0.744. The Morgan fingerprint density at radius 3 is 2.95 bits per heavy atom. The lowest BCUT2D eigenvalue weighted by molar-refractivity contribution is 0.415. The van der Waals surface area contributed by atoms with Crippen LogP contribution >= 0.6 is 11.8 Å². The van der Waals surface area contributed by atoms with E-state index in [-0.39, 0.29) is 5.56 Å². The molecule has 7 heteroatoms. The van der Waals surface area contributed by atoms with Gasteiger partial charge in [0, 0.05) is 16.7 Å². The van der Waals surface area contributed by atoms with Gasteiger partial charge < -0.3 is 4.74 Å². The van der Waals surface area contributed by atoms with E-state index in [1.165, 1.54) is 6.33 Å². The highest BCUT2D eigenvalue weighted by Gasteiger charge is 2.12. The predicted octanol–water partition coefficient (Wildman–Crippen LogP) is 1.82. The Morgan fingerprint density at radius 1 is 1.40 bits per heavy atom. The fraction of sp³-hybridized carbons (Fsp3) is 0.154. The van der Waals surface area contributed by atoms with Crippen molar-refractivity contribution in [2.45, 2.75) is 4.90 Å². The second-order valence-corrected chi connectivity index (χ2v) is 4.99. The third-order valence-electron chi connectivity index (χ3n) is 2.97. The average Bonchev–Trinajstić information content (AvgIpc) is 2.92. The van der Waals surface area contributed by atoms with Crippen LogP contribution < -0.4 is 10.3 Å². The SMILES string of the molecule is COc1cc(SC)ccc1-c1cn2cn[nH]c(=O)c2n1. The average molecular weight is 288 g/mol. The lowest BCUT2D eigenvalue weighted by Gasteiger charge is -2.07. The highest BCUT2D eigenvalue weighted by molar-refractivity contribution is 7.98. The normalized spacial score (nSPS) is 10.9. The molecule has 0 aliphatic rings. The molecule has 20 heavy (non-hydrogen) atoms. The fourth-order valence-electron chi connectivity index (χ4n) is 1.99. The molecule has 2 aromatic heterocycles. The molecule has 0 unspecified atom stereocenters. The topological polar surface area (TPSA) is 72.3 Å². The van der Waals surface area contributed by atoms with E-state index in [4.69, 9.17) is 4.74 Å². The fourth-order valence-corrected chi connectivity index (χ4v) is 2.42. The first-order chi connectivity index (χ1) is 9.72. The first-order valence-corrected chi connectivity index (χ1v) is 7.10. The summed E-state index contributed by atoms with van der Waals surface area (Å²) in [6.45, 7) is 0. The summed E-state index contributed by atoms with van der Waals surface area (Å²) in [4.78, 5) is 17.1. The zero-order valence-corrected chi connectivity index (χ0v) is 11.8. The highest BCUT2D eigenvalue weighted by Crippen LogP contribution is 2.32. The van der Waals surface area contributed by atoms with Gasteiger partial charge in [-0.2, -0.15) is 5.10 Å². The Bertz CT molecular complexity index is 825. The number of methoxy groups -OCH3 is 1. The maximum absolute atomic E-state index is 11.6. The van der Waals surface area contributed by atoms with E-state index < -0.39 is 0 Å². The van der Waals surface area contributed by atoms with Crippen LogP contribution in [0.1, 0.15) is 0 Å². The number of hydrogen-bond acceptors (Lipinski definition) is 5. The van der Waals surface area contributed by atoms with Crippen molar-refractivity contribution >= 4 is 17.4 Å². The summed E-state index contributed by atoms with van der Waals surface area (Å²) in [5.41, 5.74) is 1.51. The summed E-state index contributed by atoms with van der Waals surface area (Å²) in [6, 6.07) is 5.88. The van der Waals surface area contributed by atoms with Crippen LogP contribution in [0.15, 0.2) is 40.4 Å². The molecule has 0 spiro atoms. The van der Waals surface area contributed by atoms with Gasteiger partial charge in [-0.15, -0.1) is 11.8 Å². The molecule has 0 bridgehead atoms. The van der Waals surface area contributed by atoms with E-state index in [9.17, 15) is 4.79 Å². The van der Waals surface area contributed by atoms with Crippen molar-refractivity contribution in [2.24, 2.45) is 0 Å². The number of nitrogens with zero attached hydrogens (tertiary/aromatic N) is 3. The molecule has 0 aliphatic carbocycles. The zero-order valence-electron chi connectivity index (χ0n) is 11.0. The van der Waals surface area contributed by atoms with Crippen molar-refractivity contribution in [3.8, 4) is 17.0 Å². The number of aromatic amines is 1. The van der Waals surface area contributed by atoms with E-state index in [2.05, 4.69) is 15.2 Å². The van der Waals surface area contributed by atoms with Gasteiger partial charge in [-0.25, -0.2) is 10.1 Å². The van der Waals surface area contributed by atoms with E-state index in [1.807, 2.05) is 24.5 Å². The molecule has 3 aromatic rings. The molecule has 0 radical (unpaired) electrons. The summed E-state index contributed by atoms with van der Waals surface area (Å²) in [5, 5.41) is 6.10. The van der Waals surface area contributed by atoms with Crippen molar-refractivity contribution < 1.29 is 4.74 Å². The molecule has 2 heterocycles. The Balaban J connectivity index is 2.20. The maximum atomic E-state index is 11.6. The second kappa shape index (κ2) is 5.01. The lowest BCUT2D eigenvalue weighted by atomic mass is 10.1. The van der Waals surface area contributed by atoms with Gasteiger partial charge in [0.2, 0.25) is 5.65 Å². The molecule has 6 nitrogen and oxygen atoms in total. The van der Waals surface area contributed by atoms with Gasteiger partial charge in [0.1, 0.15) is 12.1 Å². The molecule has 3 rings (SSSR count). The van der Waals surface area contributed by atoms with Gasteiger partial charge in [-0.1, -0.05) is 0 Å². The molecule has 102 valence electrons. The van der Waals surface area contributed by atoms with Gasteiger partial charge >= 0.3 is 5.56 Å². The number of H-pyrrole nitrogens is 1. The van der Waals surface area contributed by atoms with Crippen LogP contribution in [0.25, 0.3) is 16.9 Å². The molecule has 1 N–H and O–H groups in total. The van der Waals surface area contributed by atoms with E-state index in [0.717, 1.165) is 16.2 Å². The highest BCUT2D eigenvalue weighted by atomic mass is 32.2. The molecular formula is C13H12N4O2S. The standard InChI is InChI=1S/C13H12N4O2S/c1-19-11-5-8(20-2)3-4-9(11)10-6-17-7-14-16-13(18)12(17)15-10/h3-7H,1-2H3,(H,16,18). The first-order valence-electron chi connectivity index (χ1n) is 5.87. The Morgan fingerprint density at radius 2 is 2.25 bits per heavy atom. The first kappa shape index (κ1) is 12.7. The summed E-state index contributed by atoms with van der Waals surface area (Å²) in [7, 11) is 1.62. The minimum Gasteiger partial charge on any atom is -0.496 e. The molecule has 0 amide bonds. The van der Waals surface area contributed by atoms with Crippen LogP contribution in [0.3, 0.4) is 0 Å². The van der Waals surface area contributed by atoms with Crippen molar-refractivity contribution in [1.82, 2.24) is 19.6 Å². The number of imidazole rings is 1. The number of thioether (sulfide) groups is 1. The largest absolute Gasteiger partial charge is 0.496 e. The van der Waals surface area contributed by atoms with Crippen molar-refractivity contribution in [1.29, 1.82) is 0 Å². The van der Waals surface area contributed by atoms with Gasteiger partial charge in [0.25, 0.3) is 0 Å². The third kappa shape index (κ3) is 2.05. The monoisotopic (exact) mass is 288 g/mol. The van der Waals surface area contributed by atoms with E-state index in [1.54, 1.807) is 29.5 Å². The Labute approximate surface area is 118 Å². The molecule has 1 aromatic carbocycles. The van der Waals surface area contributed by atoms with Crippen molar-refractivity contribution in [2.75, 3.05) is 13.4 Å². The summed E-state index contributed by atoms with van der Waals surface area (Å²) in [5.74, 6) is 0.727. The number of nitrogens with one attached hydrogen (secondary N) is 1. The molecule has 0 fully saturated rings. The van der Waals surface area contributed by atoms with Crippen LogP contribution in [0.2, 0.25) is 0 Å². The summed E-state index contributed by atoms with van der Waals surface area (Å²) >= 11 is 1.64. The predicted molar refractivity (Wildman–Crippen MR) is 77.4 cm³/mol. The minimum atomic E-state index is -0.321. The van der Waals surface area contributed by atoms with Gasteiger partial charge in [-0.05, 0) is 24.5 Å². The van der Waals surface area contributed by atoms with Crippen molar-refractivity contribution in [3.05, 3.63) is 41.1 Å². The molecule has 0 atom stereocenters. The number of aromatic nitrogens is 4. The summed E-state index contributed by atoms with van der Waals surface area (Å²) < 4.78 is 7.00. The smallest absolute Gasteiger partial charge is 0.307 e. The molecule has 0 saturated heterocycles. The molecule has 0 aliphatic heterocycles. The van der Waals surface area contributed by atoms with E-state index >= 15 is 0 Å². The van der Waals surface area contributed by atoms with E-state index in [0.29, 0.717) is 11.3 Å². The molecule has 0 saturated carbocycles. The van der Waals surface area contributed by atoms with Crippen LogP contribution in [0.5, 0.6) is 5.75 Å².